The minimum Gasteiger partial charge on any atom is -0.493 e. The van der Waals surface area contributed by atoms with Crippen molar-refractivity contribution in [3.63, 3.8) is 0 Å². The molecule has 2 rings (SSSR count). The van der Waals surface area contributed by atoms with Crippen molar-refractivity contribution in [3.8, 4) is 11.8 Å². The summed E-state index contributed by atoms with van der Waals surface area (Å²) in [6, 6.07) is 14.5. The minimum atomic E-state index is -0.489. The molecule has 108 valence electrons. The monoisotopic (exact) mass is 283 g/mol. The summed E-state index contributed by atoms with van der Waals surface area (Å²) in [6.45, 7) is 4.40. The molecule has 0 aliphatic rings. The normalized spacial score (nSPS) is 11.7. The fourth-order valence-electron chi connectivity index (χ4n) is 2.30. The van der Waals surface area contributed by atoms with Gasteiger partial charge < -0.3 is 4.74 Å². The zero-order valence-corrected chi connectivity index (χ0v) is 12.3. The zero-order valence-electron chi connectivity index (χ0n) is 12.3. The third kappa shape index (κ3) is 3.82. The molecule has 0 amide bonds. The molecule has 2 aromatic carbocycles. The molecule has 1 unspecified atom stereocenters. The number of aryl methyl sites for hydroxylation is 2. The SMILES string of the molecule is Cc1ccc(OCCC(C#N)c2ccccc2F)c(C)c1. The Morgan fingerprint density at radius 1 is 1.19 bits per heavy atom. The Morgan fingerprint density at radius 3 is 2.62 bits per heavy atom. The molecule has 3 heteroatoms. The molecule has 0 saturated heterocycles. The first kappa shape index (κ1) is 15.1. The van der Waals surface area contributed by atoms with Crippen molar-refractivity contribution >= 4 is 0 Å². The molecular weight excluding hydrogens is 265 g/mol. The number of ether oxygens (including phenoxy) is 1. The molecule has 0 aliphatic carbocycles. The van der Waals surface area contributed by atoms with E-state index in [-0.39, 0.29) is 5.82 Å². The van der Waals surface area contributed by atoms with Gasteiger partial charge in [0.1, 0.15) is 11.6 Å². The van der Waals surface area contributed by atoms with Gasteiger partial charge in [-0.05, 0) is 31.5 Å². The van der Waals surface area contributed by atoms with Crippen LogP contribution in [0.2, 0.25) is 0 Å². The van der Waals surface area contributed by atoms with Crippen molar-refractivity contribution in [2.24, 2.45) is 0 Å². The van der Waals surface area contributed by atoms with E-state index in [1.54, 1.807) is 18.2 Å². The van der Waals surface area contributed by atoms with E-state index in [4.69, 9.17) is 4.74 Å². The Balaban J connectivity index is 1.99. The van der Waals surface area contributed by atoms with Gasteiger partial charge >= 0.3 is 0 Å². The van der Waals surface area contributed by atoms with E-state index < -0.39 is 5.92 Å². The van der Waals surface area contributed by atoms with Crippen LogP contribution in [0.15, 0.2) is 42.5 Å². The summed E-state index contributed by atoms with van der Waals surface area (Å²) in [5, 5.41) is 9.22. The molecule has 0 spiro atoms. The van der Waals surface area contributed by atoms with Crippen molar-refractivity contribution < 1.29 is 9.13 Å². The van der Waals surface area contributed by atoms with E-state index in [0.717, 1.165) is 11.3 Å². The van der Waals surface area contributed by atoms with Gasteiger partial charge in [0.05, 0.1) is 18.6 Å². The zero-order chi connectivity index (χ0) is 15.2. The molecule has 0 aliphatic heterocycles. The molecule has 0 aromatic heterocycles. The maximum atomic E-state index is 13.7. The van der Waals surface area contributed by atoms with E-state index in [9.17, 15) is 9.65 Å². The van der Waals surface area contributed by atoms with Gasteiger partial charge in [0.15, 0.2) is 0 Å². The van der Waals surface area contributed by atoms with Crippen molar-refractivity contribution in [2.75, 3.05) is 6.61 Å². The summed E-state index contributed by atoms with van der Waals surface area (Å²) in [5.74, 6) is -0.0154. The van der Waals surface area contributed by atoms with Gasteiger partial charge in [-0.2, -0.15) is 5.26 Å². The van der Waals surface area contributed by atoms with Gasteiger partial charge in [0.2, 0.25) is 0 Å². The van der Waals surface area contributed by atoms with Crippen molar-refractivity contribution in [1.29, 1.82) is 5.26 Å². The Morgan fingerprint density at radius 2 is 1.95 bits per heavy atom. The summed E-state index contributed by atoms with van der Waals surface area (Å²) in [4.78, 5) is 0. The highest BCUT2D eigenvalue weighted by Crippen LogP contribution is 2.23. The van der Waals surface area contributed by atoms with Crippen molar-refractivity contribution in [3.05, 3.63) is 65.0 Å². The second-order valence-electron chi connectivity index (χ2n) is 5.11. The van der Waals surface area contributed by atoms with E-state index in [0.29, 0.717) is 18.6 Å². The van der Waals surface area contributed by atoms with Gasteiger partial charge in [-0.25, -0.2) is 4.39 Å². The molecule has 0 fully saturated rings. The van der Waals surface area contributed by atoms with E-state index in [1.165, 1.54) is 11.6 Å². The standard InChI is InChI=1S/C18H18FNO/c1-13-7-8-18(14(2)11-13)21-10-9-15(12-20)16-5-3-4-6-17(16)19/h3-8,11,15H,9-10H2,1-2H3. The molecule has 0 saturated carbocycles. The van der Waals surface area contributed by atoms with Gasteiger partial charge in [-0.1, -0.05) is 35.9 Å². The summed E-state index contributed by atoms with van der Waals surface area (Å²) in [7, 11) is 0. The highest BCUT2D eigenvalue weighted by molar-refractivity contribution is 5.35. The molecular formula is C18H18FNO. The van der Waals surface area contributed by atoms with Crippen LogP contribution < -0.4 is 4.74 Å². The van der Waals surface area contributed by atoms with Crippen LogP contribution in [0.3, 0.4) is 0 Å². The Labute approximate surface area is 124 Å². The van der Waals surface area contributed by atoms with Gasteiger partial charge in [-0.15, -0.1) is 0 Å². The van der Waals surface area contributed by atoms with Gasteiger partial charge in [0, 0.05) is 12.0 Å². The number of rotatable bonds is 5. The largest absolute Gasteiger partial charge is 0.493 e. The number of benzene rings is 2. The van der Waals surface area contributed by atoms with Crippen molar-refractivity contribution in [2.45, 2.75) is 26.2 Å². The lowest BCUT2D eigenvalue weighted by molar-refractivity contribution is 0.303. The van der Waals surface area contributed by atoms with Crippen LogP contribution >= 0.6 is 0 Å². The summed E-state index contributed by atoms with van der Waals surface area (Å²) in [5.41, 5.74) is 2.68. The van der Waals surface area contributed by atoms with Gasteiger partial charge in [0.25, 0.3) is 0 Å². The highest BCUT2D eigenvalue weighted by Gasteiger charge is 2.15. The Kier molecular flexibility index (Phi) is 4.94. The molecule has 21 heavy (non-hydrogen) atoms. The van der Waals surface area contributed by atoms with Crippen LogP contribution in [0.4, 0.5) is 4.39 Å². The first-order chi connectivity index (χ1) is 10.1. The van der Waals surface area contributed by atoms with Crippen LogP contribution in [0.5, 0.6) is 5.75 Å². The van der Waals surface area contributed by atoms with E-state index >= 15 is 0 Å². The lowest BCUT2D eigenvalue weighted by atomic mass is 9.97. The fraction of sp³-hybridized carbons (Fsp3) is 0.278. The number of nitrogens with zero attached hydrogens (tertiary/aromatic N) is 1. The molecule has 0 radical (unpaired) electrons. The second kappa shape index (κ2) is 6.90. The number of hydrogen-bond donors (Lipinski definition) is 0. The van der Waals surface area contributed by atoms with E-state index in [2.05, 4.69) is 6.07 Å². The maximum absolute atomic E-state index is 13.7. The summed E-state index contributed by atoms with van der Waals surface area (Å²) >= 11 is 0. The lowest BCUT2D eigenvalue weighted by Gasteiger charge is -2.13. The predicted molar refractivity (Wildman–Crippen MR) is 80.8 cm³/mol. The van der Waals surface area contributed by atoms with E-state index in [1.807, 2.05) is 32.0 Å². The predicted octanol–water partition coefficient (Wildman–Crippen LogP) is 4.52. The molecule has 0 heterocycles. The van der Waals surface area contributed by atoms with Crippen LogP contribution in [-0.2, 0) is 0 Å². The average Bonchev–Trinajstić information content (AvgIpc) is 2.47. The fourth-order valence-corrected chi connectivity index (χ4v) is 2.30. The first-order valence-electron chi connectivity index (χ1n) is 6.96. The highest BCUT2D eigenvalue weighted by atomic mass is 19.1. The second-order valence-corrected chi connectivity index (χ2v) is 5.11. The van der Waals surface area contributed by atoms with Gasteiger partial charge in [-0.3, -0.25) is 0 Å². The maximum Gasteiger partial charge on any atom is 0.127 e. The third-order valence-corrected chi connectivity index (χ3v) is 3.43. The van der Waals surface area contributed by atoms with Crippen molar-refractivity contribution in [1.82, 2.24) is 0 Å². The molecule has 1 atom stereocenters. The number of halogens is 1. The third-order valence-electron chi connectivity index (χ3n) is 3.43. The summed E-state index contributed by atoms with van der Waals surface area (Å²) < 4.78 is 19.4. The molecule has 0 bridgehead atoms. The molecule has 2 aromatic rings. The van der Waals surface area contributed by atoms with Crippen LogP contribution in [0, 0.1) is 31.0 Å². The minimum absolute atomic E-state index is 0.337. The van der Waals surface area contributed by atoms with Crippen LogP contribution in [-0.4, -0.2) is 6.61 Å². The Hall–Kier alpha value is -2.34. The first-order valence-corrected chi connectivity index (χ1v) is 6.96. The average molecular weight is 283 g/mol. The topological polar surface area (TPSA) is 33.0 Å². The smallest absolute Gasteiger partial charge is 0.127 e. The number of hydrogen-bond acceptors (Lipinski definition) is 2. The van der Waals surface area contributed by atoms with Crippen LogP contribution in [0.1, 0.15) is 29.0 Å². The summed E-state index contributed by atoms with van der Waals surface area (Å²) in [6.07, 6.45) is 0.463. The molecule has 0 N–H and O–H groups in total. The Bertz CT molecular complexity index is 661. The quantitative estimate of drug-likeness (QED) is 0.808. The lowest BCUT2D eigenvalue weighted by Crippen LogP contribution is -2.06. The number of nitriles is 1. The molecule has 2 nitrogen and oxygen atoms in total. The van der Waals surface area contributed by atoms with Crippen LogP contribution in [0.25, 0.3) is 0 Å².